The molecular weight excluding hydrogens is 276 g/mol. The quantitative estimate of drug-likeness (QED) is 0.769. The molecule has 0 aromatic rings. The van der Waals surface area contributed by atoms with Crippen LogP contribution in [0.4, 0.5) is 4.79 Å². The molecule has 1 unspecified atom stereocenters. The predicted molar refractivity (Wildman–Crippen MR) is 75.8 cm³/mol. The fraction of sp³-hybridized carbons (Fsp3) is 0.786. The number of nitrogens with one attached hydrogen (secondary N) is 1. The van der Waals surface area contributed by atoms with Gasteiger partial charge in [-0.2, -0.15) is 0 Å². The van der Waals surface area contributed by atoms with Crippen molar-refractivity contribution in [3.05, 3.63) is 0 Å². The van der Waals surface area contributed by atoms with E-state index in [0.29, 0.717) is 32.4 Å². The van der Waals surface area contributed by atoms with Gasteiger partial charge < -0.3 is 20.1 Å². The van der Waals surface area contributed by atoms with Gasteiger partial charge in [0, 0.05) is 19.5 Å². The third-order valence-corrected chi connectivity index (χ3v) is 4.35. The first-order valence-corrected chi connectivity index (χ1v) is 7.24. The number of hydrogen-bond donors (Lipinski definition) is 2. The van der Waals surface area contributed by atoms with Gasteiger partial charge in [0.2, 0.25) is 5.91 Å². The first-order valence-electron chi connectivity index (χ1n) is 7.24. The zero-order valence-electron chi connectivity index (χ0n) is 12.8. The Balaban J connectivity index is 2.61. The molecule has 1 heterocycles. The van der Waals surface area contributed by atoms with E-state index in [0.717, 1.165) is 0 Å². The van der Waals surface area contributed by atoms with E-state index in [1.165, 1.54) is 7.11 Å². The van der Waals surface area contributed by atoms with Crippen LogP contribution in [0, 0.1) is 5.41 Å². The van der Waals surface area contributed by atoms with E-state index in [9.17, 15) is 19.5 Å². The van der Waals surface area contributed by atoms with Crippen LogP contribution in [0.1, 0.15) is 39.5 Å². The maximum Gasteiger partial charge on any atom is 0.407 e. The Labute approximate surface area is 124 Å². The van der Waals surface area contributed by atoms with Crippen molar-refractivity contribution in [2.45, 2.75) is 45.6 Å². The smallest absolute Gasteiger partial charge is 0.407 e. The second kappa shape index (κ2) is 7.28. The molecule has 1 aliphatic rings. The SMILES string of the molecule is CCC(CC)(CC(=O)N1CCC(NC(=O)OC)C1)C(=O)O. The minimum atomic E-state index is -0.995. The average Bonchev–Trinajstić information content (AvgIpc) is 2.92. The van der Waals surface area contributed by atoms with Crippen LogP contribution in [-0.2, 0) is 14.3 Å². The number of carboxylic acids is 1. The molecule has 0 aromatic heterocycles. The van der Waals surface area contributed by atoms with Crippen LogP contribution in [-0.4, -0.2) is 54.2 Å². The molecule has 7 nitrogen and oxygen atoms in total. The molecule has 0 saturated carbocycles. The number of rotatable bonds is 6. The zero-order valence-corrected chi connectivity index (χ0v) is 12.8. The molecule has 0 spiro atoms. The van der Waals surface area contributed by atoms with Gasteiger partial charge in [-0.1, -0.05) is 13.8 Å². The van der Waals surface area contributed by atoms with Crippen LogP contribution in [0.25, 0.3) is 0 Å². The number of methoxy groups -OCH3 is 1. The van der Waals surface area contributed by atoms with Crippen LogP contribution in [0.3, 0.4) is 0 Å². The fourth-order valence-corrected chi connectivity index (χ4v) is 2.61. The summed E-state index contributed by atoms with van der Waals surface area (Å²) in [6.45, 7) is 4.50. The second-order valence-corrected chi connectivity index (χ2v) is 5.43. The molecule has 120 valence electrons. The van der Waals surface area contributed by atoms with Gasteiger partial charge in [0.05, 0.1) is 18.6 Å². The van der Waals surface area contributed by atoms with Crippen molar-refractivity contribution < 1.29 is 24.2 Å². The molecule has 2 N–H and O–H groups in total. The number of carboxylic acid groups (broad SMARTS) is 1. The monoisotopic (exact) mass is 300 g/mol. The summed E-state index contributed by atoms with van der Waals surface area (Å²) in [7, 11) is 1.29. The molecule has 1 saturated heterocycles. The lowest BCUT2D eigenvalue weighted by molar-refractivity contribution is -0.154. The van der Waals surface area contributed by atoms with E-state index in [1.54, 1.807) is 18.7 Å². The Bertz CT molecular complexity index is 406. The molecular formula is C14H24N2O5. The summed E-state index contributed by atoms with van der Waals surface area (Å²) in [5.41, 5.74) is -0.995. The highest BCUT2D eigenvalue weighted by atomic mass is 16.5. The van der Waals surface area contributed by atoms with E-state index >= 15 is 0 Å². The van der Waals surface area contributed by atoms with Crippen LogP contribution < -0.4 is 5.32 Å². The molecule has 1 fully saturated rings. The van der Waals surface area contributed by atoms with Crippen LogP contribution in [0.5, 0.6) is 0 Å². The van der Waals surface area contributed by atoms with Crippen molar-refractivity contribution >= 4 is 18.0 Å². The molecule has 7 heteroatoms. The second-order valence-electron chi connectivity index (χ2n) is 5.43. The van der Waals surface area contributed by atoms with Crippen molar-refractivity contribution in [1.82, 2.24) is 10.2 Å². The lowest BCUT2D eigenvalue weighted by atomic mass is 9.79. The highest BCUT2D eigenvalue weighted by Gasteiger charge is 2.39. The average molecular weight is 300 g/mol. The van der Waals surface area contributed by atoms with E-state index in [1.807, 2.05) is 0 Å². The maximum absolute atomic E-state index is 12.3. The minimum absolute atomic E-state index is 0.000275. The highest BCUT2D eigenvalue weighted by molar-refractivity contribution is 5.85. The summed E-state index contributed by atoms with van der Waals surface area (Å²) in [4.78, 5) is 36.5. The molecule has 0 radical (unpaired) electrons. The number of hydrogen-bond acceptors (Lipinski definition) is 4. The molecule has 0 bridgehead atoms. The third kappa shape index (κ3) is 4.09. The lowest BCUT2D eigenvalue weighted by Crippen LogP contribution is -2.41. The summed E-state index contributed by atoms with van der Waals surface area (Å²) >= 11 is 0. The first-order chi connectivity index (χ1) is 9.88. The van der Waals surface area contributed by atoms with Gasteiger partial charge in [-0.3, -0.25) is 9.59 Å². The molecule has 21 heavy (non-hydrogen) atoms. The topological polar surface area (TPSA) is 95.9 Å². The molecule has 1 aliphatic heterocycles. The van der Waals surface area contributed by atoms with E-state index < -0.39 is 17.5 Å². The van der Waals surface area contributed by atoms with Crippen LogP contribution >= 0.6 is 0 Å². The Morgan fingerprint density at radius 2 is 1.95 bits per heavy atom. The summed E-state index contributed by atoms with van der Waals surface area (Å²) in [6.07, 6.45) is 0.973. The first kappa shape index (κ1) is 17.3. The lowest BCUT2D eigenvalue weighted by Gasteiger charge is -2.28. The van der Waals surface area contributed by atoms with Gasteiger partial charge in [-0.25, -0.2) is 4.79 Å². The molecule has 0 aromatic carbocycles. The molecule has 0 aliphatic carbocycles. The predicted octanol–water partition coefficient (Wildman–Crippen LogP) is 1.22. The highest BCUT2D eigenvalue weighted by Crippen LogP contribution is 2.32. The van der Waals surface area contributed by atoms with Gasteiger partial charge >= 0.3 is 12.1 Å². The van der Waals surface area contributed by atoms with Crippen LogP contribution in [0.15, 0.2) is 0 Å². The van der Waals surface area contributed by atoms with Crippen molar-refractivity contribution in [2.24, 2.45) is 5.41 Å². The van der Waals surface area contributed by atoms with Crippen molar-refractivity contribution in [3.8, 4) is 0 Å². The third-order valence-electron chi connectivity index (χ3n) is 4.35. The Morgan fingerprint density at radius 3 is 2.43 bits per heavy atom. The Morgan fingerprint density at radius 1 is 1.33 bits per heavy atom. The summed E-state index contributed by atoms with van der Waals surface area (Å²) in [5.74, 6) is -1.10. The number of alkyl carbamates (subject to hydrolysis) is 1. The molecule has 2 amide bonds. The summed E-state index contributed by atoms with van der Waals surface area (Å²) in [5, 5.41) is 12.0. The number of nitrogens with zero attached hydrogens (tertiary/aromatic N) is 1. The Kier molecular flexibility index (Phi) is 5.99. The number of aliphatic carboxylic acids is 1. The van der Waals surface area contributed by atoms with Crippen LogP contribution in [0.2, 0.25) is 0 Å². The number of likely N-dealkylation sites (tertiary alicyclic amines) is 1. The van der Waals surface area contributed by atoms with Gasteiger partial charge in [-0.15, -0.1) is 0 Å². The largest absolute Gasteiger partial charge is 0.481 e. The minimum Gasteiger partial charge on any atom is -0.481 e. The van der Waals surface area contributed by atoms with E-state index in [-0.39, 0.29) is 18.4 Å². The number of ether oxygens (including phenoxy) is 1. The van der Waals surface area contributed by atoms with Crippen molar-refractivity contribution in [1.29, 1.82) is 0 Å². The summed E-state index contributed by atoms with van der Waals surface area (Å²) in [6, 6.07) is -0.135. The molecule has 1 rings (SSSR count). The van der Waals surface area contributed by atoms with E-state index in [2.05, 4.69) is 10.1 Å². The van der Waals surface area contributed by atoms with Gasteiger partial charge in [-0.05, 0) is 19.3 Å². The summed E-state index contributed by atoms with van der Waals surface area (Å²) < 4.78 is 4.52. The normalized spacial score (nSPS) is 18.4. The number of carbonyl (C=O) groups is 3. The number of carbonyl (C=O) groups excluding carboxylic acids is 2. The van der Waals surface area contributed by atoms with Gasteiger partial charge in [0.15, 0.2) is 0 Å². The maximum atomic E-state index is 12.3. The standard InChI is InChI=1S/C14H24N2O5/c1-4-14(5-2,12(18)19)8-11(17)16-7-6-10(9-16)15-13(20)21-3/h10H,4-9H2,1-3H3,(H,15,20)(H,18,19). The van der Waals surface area contributed by atoms with Crippen molar-refractivity contribution in [2.75, 3.05) is 20.2 Å². The van der Waals surface area contributed by atoms with Gasteiger partial charge in [0.25, 0.3) is 0 Å². The van der Waals surface area contributed by atoms with Crippen molar-refractivity contribution in [3.63, 3.8) is 0 Å². The zero-order chi connectivity index (χ0) is 16.0. The van der Waals surface area contributed by atoms with Gasteiger partial charge in [0.1, 0.15) is 0 Å². The Hall–Kier alpha value is -1.79. The van der Waals surface area contributed by atoms with E-state index in [4.69, 9.17) is 0 Å². The number of amides is 2. The molecule has 1 atom stereocenters. The fourth-order valence-electron chi connectivity index (χ4n) is 2.61.